The lowest BCUT2D eigenvalue weighted by atomic mass is 10.1. The molecule has 21 heavy (non-hydrogen) atoms. The number of rotatable bonds is 3. The molecule has 106 valence electrons. The minimum atomic E-state index is 0.385. The highest BCUT2D eigenvalue weighted by molar-refractivity contribution is 9.10. The van der Waals surface area contributed by atoms with Crippen LogP contribution in [0, 0.1) is 0 Å². The minimum absolute atomic E-state index is 0.385. The Kier molecular flexibility index (Phi) is 4.15. The molecule has 0 spiro atoms. The Morgan fingerprint density at radius 2 is 1.76 bits per heavy atom. The van der Waals surface area contributed by atoms with Crippen LogP contribution in [-0.4, -0.2) is 0 Å². The average molecular weight is 363 g/mol. The number of hydrogen-bond acceptors (Lipinski definition) is 2. The molecule has 0 unspecified atom stereocenters. The number of nitrogens with two attached hydrogens (primary N) is 1. The summed E-state index contributed by atoms with van der Waals surface area (Å²) < 4.78 is 7.00. The van der Waals surface area contributed by atoms with Crippen LogP contribution in [0.5, 0.6) is 11.5 Å². The highest BCUT2D eigenvalue weighted by atomic mass is 79.9. The van der Waals surface area contributed by atoms with Gasteiger partial charge in [0, 0.05) is 16.6 Å². The zero-order valence-electron chi connectivity index (χ0n) is 11.1. The molecule has 2 nitrogen and oxygen atoms in total. The maximum absolute atomic E-state index is 6.21. The molecule has 0 aliphatic rings. The summed E-state index contributed by atoms with van der Waals surface area (Å²) in [6.07, 6.45) is 0. The van der Waals surface area contributed by atoms with Crippen LogP contribution in [0.25, 0.3) is 10.8 Å². The number of hydrogen-bond donors (Lipinski definition) is 1. The molecule has 2 N–H and O–H groups in total. The van der Waals surface area contributed by atoms with E-state index in [9.17, 15) is 0 Å². The van der Waals surface area contributed by atoms with Gasteiger partial charge in [-0.1, -0.05) is 51.8 Å². The van der Waals surface area contributed by atoms with Gasteiger partial charge in [-0.05, 0) is 41.1 Å². The van der Waals surface area contributed by atoms with E-state index in [0.717, 1.165) is 26.6 Å². The second kappa shape index (κ2) is 6.06. The first-order chi connectivity index (χ1) is 10.2. The van der Waals surface area contributed by atoms with E-state index in [2.05, 4.69) is 22.0 Å². The molecule has 0 radical (unpaired) electrons. The van der Waals surface area contributed by atoms with Crippen molar-refractivity contribution in [1.82, 2.24) is 0 Å². The van der Waals surface area contributed by atoms with Crippen molar-refractivity contribution in [2.24, 2.45) is 5.73 Å². The van der Waals surface area contributed by atoms with Gasteiger partial charge in [0.05, 0.1) is 5.02 Å². The summed E-state index contributed by atoms with van der Waals surface area (Å²) in [5.74, 6) is 1.37. The zero-order valence-corrected chi connectivity index (χ0v) is 13.5. The molecular weight excluding hydrogens is 350 g/mol. The van der Waals surface area contributed by atoms with E-state index in [1.807, 2.05) is 42.5 Å². The first-order valence-corrected chi connectivity index (χ1v) is 7.69. The molecule has 3 rings (SSSR count). The van der Waals surface area contributed by atoms with E-state index in [0.29, 0.717) is 17.3 Å². The molecule has 3 aromatic rings. The van der Waals surface area contributed by atoms with E-state index >= 15 is 0 Å². The van der Waals surface area contributed by atoms with Gasteiger partial charge in [0.15, 0.2) is 0 Å². The van der Waals surface area contributed by atoms with Gasteiger partial charge in [-0.25, -0.2) is 0 Å². The van der Waals surface area contributed by atoms with Crippen molar-refractivity contribution in [3.8, 4) is 11.5 Å². The second-order valence-corrected chi connectivity index (χ2v) is 6.01. The van der Waals surface area contributed by atoms with E-state index < -0.39 is 0 Å². The van der Waals surface area contributed by atoms with Crippen molar-refractivity contribution < 1.29 is 4.74 Å². The van der Waals surface area contributed by atoms with Gasteiger partial charge in [-0.3, -0.25) is 0 Å². The van der Waals surface area contributed by atoms with Crippen LogP contribution in [0.1, 0.15) is 5.56 Å². The summed E-state index contributed by atoms with van der Waals surface area (Å²) in [4.78, 5) is 0. The molecular formula is C17H13BrClNO. The predicted octanol–water partition coefficient (Wildman–Crippen LogP) is 5.51. The van der Waals surface area contributed by atoms with E-state index in [4.69, 9.17) is 22.1 Å². The lowest BCUT2D eigenvalue weighted by molar-refractivity contribution is 0.477. The van der Waals surface area contributed by atoms with Gasteiger partial charge in [0.1, 0.15) is 11.5 Å². The molecule has 0 fully saturated rings. The molecule has 4 heteroatoms. The van der Waals surface area contributed by atoms with E-state index in [1.165, 1.54) is 0 Å². The Balaban J connectivity index is 2.00. The SMILES string of the molecule is NCc1cccc(Cl)c1Oc1ccc2cc(Br)ccc2c1. The molecule has 0 amide bonds. The van der Waals surface area contributed by atoms with Crippen molar-refractivity contribution in [1.29, 1.82) is 0 Å². The standard InChI is InChI=1S/C17H13BrClNO/c18-14-6-4-12-9-15(7-5-11(12)8-14)21-17-13(10-20)2-1-3-16(17)19/h1-9H,10,20H2. The summed E-state index contributed by atoms with van der Waals surface area (Å²) in [5, 5.41) is 2.82. The molecule has 0 atom stereocenters. The first kappa shape index (κ1) is 14.4. The Morgan fingerprint density at radius 3 is 2.57 bits per heavy atom. The monoisotopic (exact) mass is 361 g/mol. The Labute approximate surface area is 136 Å². The Hall–Kier alpha value is -1.55. The number of benzene rings is 3. The molecule has 0 aromatic heterocycles. The fraction of sp³-hybridized carbons (Fsp3) is 0.0588. The van der Waals surface area contributed by atoms with Gasteiger partial charge >= 0.3 is 0 Å². The number of ether oxygens (including phenoxy) is 1. The fourth-order valence-electron chi connectivity index (χ4n) is 2.20. The van der Waals surface area contributed by atoms with Crippen molar-refractivity contribution in [3.05, 3.63) is 69.7 Å². The van der Waals surface area contributed by atoms with Crippen molar-refractivity contribution in [2.45, 2.75) is 6.54 Å². The van der Waals surface area contributed by atoms with Crippen LogP contribution in [0.4, 0.5) is 0 Å². The third-order valence-corrected chi connectivity index (χ3v) is 4.05. The number of para-hydroxylation sites is 1. The molecule has 0 aliphatic carbocycles. The Bertz CT molecular complexity index is 804. The third kappa shape index (κ3) is 3.05. The molecule has 0 aliphatic heterocycles. The molecule has 0 heterocycles. The second-order valence-electron chi connectivity index (χ2n) is 4.69. The maximum atomic E-state index is 6.21. The van der Waals surface area contributed by atoms with Gasteiger partial charge in [0.25, 0.3) is 0 Å². The molecule has 0 bridgehead atoms. The van der Waals surface area contributed by atoms with Crippen LogP contribution in [0.2, 0.25) is 5.02 Å². The predicted molar refractivity (Wildman–Crippen MR) is 91.1 cm³/mol. The topological polar surface area (TPSA) is 35.2 Å². The lowest BCUT2D eigenvalue weighted by Crippen LogP contribution is -1.99. The molecule has 0 saturated heterocycles. The van der Waals surface area contributed by atoms with Crippen LogP contribution < -0.4 is 10.5 Å². The maximum Gasteiger partial charge on any atom is 0.150 e. The summed E-state index contributed by atoms with van der Waals surface area (Å²) >= 11 is 9.68. The largest absolute Gasteiger partial charge is 0.455 e. The van der Waals surface area contributed by atoms with Gasteiger partial charge < -0.3 is 10.5 Å². The number of fused-ring (bicyclic) bond motifs is 1. The zero-order chi connectivity index (χ0) is 14.8. The van der Waals surface area contributed by atoms with Crippen molar-refractivity contribution >= 4 is 38.3 Å². The van der Waals surface area contributed by atoms with Crippen molar-refractivity contribution in [2.75, 3.05) is 0 Å². The first-order valence-electron chi connectivity index (χ1n) is 6.52. The summed E-state index contributed by atoms with van der Waals surface area (Å²) in [6.45, 7) is 0.385. The molecule has 0 saturated carbocycles. The molecule has 3 aromatic carbocycles. The average Bonchev–Trinajstić information content (AvgIpc) is 2.49. The van der Waals surface area contributed by atoms with Crippen LogP contribution in [0.15, 0.2) is 59.1 Å². The quantitative estimate of drug-likeness (QED) is 0.667. The Morgan fingerprint density at radius 1 is 1.00 bits per heavy atom. The van der Waals surface area contributed by atoms with Gasteiger partial charge in [-0.15, -0.1) is 0 Å². The summed E-state index contributed by atoms with van der Waals surface area (Å²) in [5.41, 5.74) is 6.62. The van der Waals surface area contributed by atoms with Crippen LogP contribution in [0.3, 0.4) is 0 Å². The van der Waals surface area contributed by atoms with Crippen LogP contribution >= 0.6 is 27.5 Å². The van der Waals surface area contributed by atoms with Crippen molar-refractivity contribution in [3.63, 3.8) is 0 Å². The van der Waals surface area contributed by atoms with Gasteiger partial charge in [0.2, 0.25) is 0 Å². The highest BCUT2D eigenvalue weighted by Gasteiger charge is 2.09. The summed E-state index contributed by atoms with van der Waals surface area (Å²) in [6, 6.07) is 17.6. The van der Waals surface area contributed by atoms with E-state index in [1.54, 1.807) is 6.07 Å². The van der Waals surface area contributed by atoms with E-state index in [-0.39, 0.29) is 0 Å². The fourth-order valence-corrected chi connectivity index (χ4v) is 2.82. The summed E-state index contributed by atoms with van der Waals surface area (Å²) in [7, 11) is 0. The van der Waals surface area contributed by atoms with Gasteiger partial charge in [-0.2, -0.15) is 0 Å². The third-order valence-electron chi connectivity index (χ3n) is 3.26. The minimum Gasteiger partial charge on any atom is -0.455 e. The number of halogens is 2. The van der Waals surface area contributed by atoms with Crippen LogP contribution in [-0.2, 0) is 6.54 Å². The lowest BCUT2D eigenvalue weighted by Gasteiger charge is -2.12. The normalized spacial score (nSPS) is 10.8. The smallest absolute Gasteiger partial charge is 0.150 e. The highest BCUT2D eigenvalue weighted by Crippen LogP contribution is 2.34.